The van der Waals surface area contributed by atoms with Crippen LogP contribution >= 0.6 is 0 Å². The maximum Gasteiger partial charge on any atom is 0.240 e. The number of aromatic nitrogens is 3. The number of amides is 1. The van der Waals surface area contributed by atoms with Crippen molar-refractivity contribution in [2.75, 3.05) is 44.2 Å². The van der Waals surface area contributed by atoms with Gasteiger partial charge < -0.3 is 24.8 Å². The van der Waals surface area contributed by atoms with Crippen LogP contribution in [0.1, 0.15) is 12.8 Å². The molecule has 1 atom stereocenters. The van der Waals surface area contributed by atoms with Gasteiger partial charge in [-0.3, -0.25) is 4.79 Å². The van der Waals surface area contributed by atoms with Crippen molar-refractivity contribution in [2.24, 2.45) is 13.0 Å². The Bertz CT molecular complexity index is 1070. The zero-order chi connectivity index (χ0) is 21.2. The molecule has 0 aliphatic carbocycles. The Morgan fingerprint density at radius 3 is 2.74 bits per heavy atom. The highest BCUT2D eigenvalue weighted by Crippen LogP contribution is 2.30. The zero-order valence-electron chi connectivity index (χ0n) is 17.8. The van der Waals surface area contributed by atoms with Gasteiger partial charge in [0.1, 0.15) is 5.52 Å². The van der Waals surface area contributed by atoms with E-state index in [-0.39, 0.29) is 5.91 Å². The number of ether oxygens (including phenoxy) is 1. The Labute approximate surface area is 181 Å². The fourth-order valence-corrected chi connectivity index (χ4v) is 4.34. The van der Waals surface area contributed by atoms with Gasteiger partial charge in [0.2, 0.25) is 11.8 Å². The molecular formula is C23H28N6O2. The van der Waals surface area contributed by atoms with Crippen molar-refractivity contribution in [3.63, 3.8) is 0 Å². The van der Waals surface area contributed by atoms with Crippen LogP contribution in [0.4, 0.5) is 5.69 Å². The Hall–Kier alpha value is -3.13. The standard InChI is InChI=1S/C23H28N6O2/c1-28-15-26-20-13-19(17-2-4-18(5-3-17)29-9-7-24-8-10-29)27-23(22(20)28)31-11-6-16-12-21(30)25-14-16/h2-5,13,15-16,24H,6-12,14H2,1H3,(H,25,30)/t16-/m1/s1. The van der Waals surface area contributed by atoms with Crippen molar-refractivity contribution in [3.8, 4) is 17.1 Å². The summed E-state index contributed by atoms with van der Waals surface area (Å²) in [5.74, 6) is 1.05. The third-order valence-corrected chi connectivity index (χ3v) is 6.14. The Morgan fingerprint density at radius 2 is 2.00 bits per heavy atom. The lowest BCUT2D eigenvalue weighted by Gasteiger charge is -2.29. The van der Waals surface area contributed by atoms with E-state index in [4.69, 9.17) is 9.72 Å². The molecule has 2 N–H and O–H groups in total. The molecule has 0 saturated carbocycles. The van der Waals surface area contributed by atoms with Crippen molar-refractivity contribution < 1.29 is 9.53 Å². The summed E-state index contributed by atoms with van der Waals surface area (Å²) in [6, 6.07) is 10.6. The number of anilines is 1. The number of piperazine rings is 1. The highest BCUT2D eigenvalue weighted by atomic mass is 16.5. The van der Waals surface area contributed by atoms with E-state index < -0.39 is 0 Å². The minimum absolute atomic E-state index is 0.128. The molecule has 2 aromatic heterocycles. The molecule has 2 fully saturated rings. The first-order valence-electron chi connectivity index (χ1n) is 10.9. The number of fused-ring (bicyclic) bond motifs is 1. The van der Waals surface area contributed by atoms with E-state index in [1.165, 1.54) is 5.69 Å². The van der Waals surface area contributed by atoms with Crippen molar-refractivity contribution in [3.05, 3.63) is 36.7 Å². The highest BCUT2D eigenvalue weighted by molar-refractivity contribution is 5.84. The van der Waals surface area contributed by atoms with Crippen LogP contribution in [0.25, 0.3) is 22.3 Å². The zero-order valence-corrected chi connectivity index (χ0v) is 17.8. The van der Waals surface area contributed by atoms with Crippen molar-refractivity contribution in [2.45, 2.75) is 12.8 Å². The Kier molecular flexibility index (Phi) is 5.46. The lowest BCUT2D eigenvalue weighted by atomic mass is 10.1. The van der Waals surface area contributed by atoms with Crippen LogP contribution in [-0.2, 0) is 11.8 Å². The van der Waals surface area contributed by atoms with Crippen LogP contribution in [0, 0.1) is 5.92 Å². The molecule has 2 saturated heterocycles. The van der Waals surface area contributed by atoms with Crippen molar-refractivity contribution >= 4 is 22.6 Å². The Morgan fingerprint density at radius 1 is 1.19 bits per heavy atom. The molecule has 31 heavy (non-hydrogen) atoms. The third kappa shape index (κ3) is 4.20. The van der Waals surface area contributed by atoms with Crippen LogP contribution < -0.4 is 20.3 Å². The number of carbonyl (C=O) groups excluding carboxylic acids is 1. The molecular weight excluding hydrogens is 392 g/mol. The van der Waals surface area contributed by atoms with Crippen LogP contribution in [-0.4, -0.2) is 59.8 Å². The van der Waals surface area contributed by atoms with Crippen LogP contribution in [0.15, 0.2) is 36.7 Å². The summed E-state index contributed by atoms with van der Waals surface area (Å²) >= 11 is 0. The summed E-state index contributed by atoms with van der Waals surface area (Å²) in [6.07, 6.45) is 3.19. The number of carbonyl (C=O) groups is 1. The molecule has 5 rings (SSSR count). The van der Waals surface area contributed by atoms with Gasteiger partial charge in [-0.2, -0.15) is 0 Å². The van der Waals surface area contributed by atoms with Crippen LogP contribution in [0.3, 0.4) is 0 Å². The summed E-state index contributed by atoms with van der Waals surface area (Å²) in [4.78, 5) is 23.2. The first kappa shape index (κ1) is 19.8. The molecule has 1 amide bonds. The number of nitrogens with zero attached hydrogens (tertiary/aromatic N) is 4. The molecule has 8 nitrogen and oxygen atoms in total. The number of imidazole rings is 1. The summed E-state index contributed by atoms with van der Waals surface area (Å²) in [6.45, 7) is 5.35. The molecule has 8 heteroatoms. The second kappa shape index (κ2) is 8.55. The number of pyridine rings is 1. The molecule has 2 aliphatic heterocycles. The molecule has 0 spiro atoms. The van der Waals surface area contributed by atoms with Crippen LogP contribution in [0.2, 0.25) is 0 Å². The van der Waals surface area contributed by atoms with Gasteiger partial charge in [0.05, 0.1) is 24.1 Å². The van der Waals surface area contributed by atoms with Gasteiger partial charge in [-0.15, -0.1) is 0 Å². The van der Waals surface area contributed by atoms with Gasteiger partial charge in [-0.25, -0.2) is 9.97 Å². The molecule has 1 aromatic carbocycles. The van der Waals surface area contributed by atoms with E-state index >= 15 is 0 Å². The molecule has 2 aliphatic rings. The predicted molar refractivity (Wildman–Crippen MR) is 120 cm³/mol. The number of aryl methyl sites for hydroxylation is 1. The van der Waals surface area contributed by atoms with Crippen molar-refractivity contribution in [1.29, 1.82) is 0 Å². The minimum Gasteiger partial charge on any atom is -0.476 e. The fourth-order valence-electron chi connectivity index (χ4n) is 4.34. The first-order chi connectivity index (χ1) is 15.2. The number of hydrogen-bond acceptors (Lipinski definition) is 6. The van der Waals surface area contributed by atoms with Gasteiger partial charge in [0.15, 0.2) is 0 Å². The normalized spacial score (nSPS) is 19.1. The van der Waals surface area contributed by atoms with E-state index in [1.807, 2.05) is 17.7 Å². The third-order valence-electron chi connectivity index (χ3n) is 6.14. The van der Waals surface area contributed by atoms with Gasteiger partial charge in [0.25, 0.3) is 0 Å². The van der Waals surface area contributed by atoms with E-state index in [0.29, 0.717) is 24.8 Å². The number of benzene rings is 1. The number of rotatable bonds is 6. The first-order valence-corrected chi connectivity index (χ1v) is 10.9. The van der Waals surface area contributed by atoms with E-state index in [9.17, 15) is 4.79 Å². The van der Waals surface area contributed by atoms with Gasteiger partial charge in [-0.1, -0.05) is 12.1 Å². The largest absolute Gasteiger partial charge is 0.476 e. The summed E-state index contributed by atoms with van der Waals surface area (Å²) in [7, 11) is 1.95. The molecule has 0 unspecified atom stereocenters. The average molecular weight is 421 g/mol. The summed E-state index contributed by atoms with van der Waals surface area (Å²) in [5.41, 5.74) is 4.89. The molecule has 0 bridgehead atoms. The quantitative estimate of drug-likeness (QED) is 0.634. The Balaban J connectivity index is 1.37. The minimum atomic E-state index is 0.128. The average Bonchev–Trinajstić information content (AvgIpc) is 3.39. The highest BCUT2D eigenvalue weighted by Gasteiger charge is 2.21. The van der Waals surface area contributed by atoms with Gasteiger partial charge in [0, 0.05) is 57.4 Å². The molecule has 3 aromatic rings. The molecule has 4 heterocycles. The van der Waals surface area contributed by atoms with E-state index in [0.717, 1.165) is 61.4 Å². The monoisotopic (exact) mass is 420 g/mol. The molecule has 162 valence electrons. The van der Waals surface area contributed by atoms with E-state index in [1.54, 1.807) is 6.33 Å². The SMILES string of the molecule is Cn1cnc2cc(-c3ccc(N4CCNCC4)cc3)nc(OCC[C@H]3CNC(=O)C3)c21. The number of nitrogens with one attached hydrogen (secondary N) is 2. The molecule has 0 radical (unpaired) electrons. The van der Waals surface area contributed by atoms with E-state index in [2.05, 4.69) is 44.8 Å². The lowest BCUT2D eigenvalue weighted by molar-refractivity contribution is -0.119. The summed E-state index contributed by atoms with van der Waals surface area (Å²) in [5, 5.41) is 6.27. The van der Waals surface area contributed by atoms with Gasteiger partial charge in [-0.05, 0) is 30.5 Å². The van der Waals surface area contributed by atoms with Crippen LogP contribution in [0.5, 0.6) is 5.88 Å². The predicted octanol–water partition coefficient (Wildman–Crippen LogP) is 1.95. The second-order valence-corrected chi connectivity index (χ2v) is 8.33. The second-order valence-electron chi connectivity index (χ2n) is 8.33. The lowest BCUT2D eigenvalue weighted by Crippen LogP contribution is -2.43. The number of hydrogen-bond donors (Lipinski definition) is 2. The maximum atomic E-state index is 11.4. The van der Waals surface area contributed by atoms with Crippen molar-refractivity contribution in [1.82, 2.24) is 25.2 Å². The maximum absolute atomic E-state index is 11.4. The topological polar surface area (TPSA) is 84.3 Å². The fraction of sp³-hybridized carbons (Fsp3) is 0.435. The summed E-state index contributed by atoms with van der Waals surface area (Å²) < 4.78 is 8.05. The van der Waals surface area contributed by atoms with Gasteiger partial charge >= 0.3 is 0 Å². The smallest absolute Gasteiger partial charge is 0.240 e.